The van der Waals surface area contributed by atoms with E-state index >= 15 is 0 Å². The second-order valence-electron chi connectivity index (χ2n) is 9.17. The first-order valence-corrected chi connectivity index (χ1v) is 10.8. The molecular formula is C25H31BrN2O2. The van der Waals surface area contributed by atoms with Crippen LogP contribution in [0.15, 0.2) is 64.2 Å². The highest BCUT2D eigenvalue weighted by atomic mass is 79.9. The van der Waals surface area contributed by atoms with Crippen LogP contribution in [-0.4, -0.2) is 18.7 Å². The SMILES string of the molecule is CC(C)(C)CC(C)(C)c1ccc(OCC(=O)N/N=C/C(Br)=C\c2ccccc2)cc1. The zero-order valence-electron chi connectivity index (χ0n) is 18.4. The molecule has 0 aromatic heterocycles. The fraction of sp³-hybridized carbons (Fsp3) is 0.360. The van der Waals surface area contributed by atoms with Gasteiger partial charge in [0.15, 0.2) is 6.61 Å². The van der Waals surface area contributed by atoms with Crippen LogP contribution in [0.3, 0.4) is 0 Å². The summed E-state index contributed by atoms with van der Waals surface area (Å²) >= 11 is 3.41. The Kier molecular flexibility index (Phi) is 8.42. The van der Waals surface area contributed by atoms with Gasteiger partial charge in [-0.3, -0.25) is 4.79 Å². The molecule has 2 aromatic rings. The number of hydrogen-bond donors (Lipinski definition) is 1. The highest BCUT2D eigenvalue weighted by molar-refractivity contribution is 9.12. The minimum absolute atomic E-state index is 0.0729. The van der Waals surface area contributed by atoms with E-state index in [-0.39, 0.29) is 23.3 Å². The number of hydrogen-bond acceptors (Lipinski definition) is 3. The highest BCUT2D eigenvalue weighted by Crippen LogP contribution is 2.36. The average molecular weight is 471 g/mol. The third-order valence-corrected chi connectivity index (χ3v) is 4.89. The topological polar surface area (TPSA) is 50.7 Å². The molecule has 160 valence electrons. The van der Waals surface area contributed by atoms with Crippen LogP contribution in [0.25, 0.3) is 6.08 Å². The van der Waals surface area contributed by atoms with Crippen molar-refractivity contribution in [2.24, 2.45) is 10.5 Å². The summed E-state index contributed by atoms with van der Waals surface area (Å²) in [6, 6.07) is 17.8. The van der Waals surface area contributed by atoms with Gasteiger partial charge in [-0.15, -0.1) is 0 Å². The molecule has 4 nitrogen and oxygen atoms in total. The lowest BCUT2D eigenvalue weighted by Crippen LogP contribution is -2.25. The van der Waals surface area contributed by atoms with Gasteiger partial charge in [-0.05, 0) is 62.5 Å². The Morgan fingerprint density at radius 1 is 1.03 bits per heavy atom. The molecule has 0 spiro atoms. The summed E-state index contributed by atoms with van der Waals surface area (Å²) in [5.41, 5.74) is 5.09. The van der Waals surface area contributed by atoms with Crippen molar-refractivity contribution >= 4 is 34.1 Å². The number of nitrogens with one attached hydrogen (secondary N) is 1. The van der Waals surface area contributed by atoms with E-state index in [9.17, 15) is 4.79 Å². The van der Waals surface area contributed by atoms with Crippen LogP contribution in [0, 0.1) is 5.41 Å². The molecule has 0 saturated heterocycles. The number of nitrogens with zero attached hydrogens (tertiary/aromatic N) is 1. The van der Waals surface area contributed by atoms with Gasteiger partial charge in [-0.25, -0.2) is 5.43 Å². The summed E-state index contributed by atoms with van der Waals surface area (Å²) in [4.78, 5) is 12.0. The van der Waals surface area contributed by atoms with E-state index in [1.165, 1.54) is 11.8 Å². The molecule has 0 unspecified atom stereocenters. The summed E-state index contributed by atoms with van der Waals surface area (Å²) < 4.78 is 6.33. The lowest BCUT2D eigenvalue weighted by molar-refractivity contribution is -0.123. The van der Waals surface area contributed by atoms with Crippen LogP contribution < -0.4 is 10.2 Å². The fourth-order valence-corrected chi connectivity index (χ4v) is 3.89. The highest BCUT2D eigenvalue weighted by Gasteiger charge is 2.27. The molecule has 5 heteroatoms. The molecule has 0 atom stereocenters. The maximum Gasteiger partial charge on any atom is 0.277 e. The lowest BCUT2D eigenvalue weighted by Gasteiger charge is -2.33. The maximum absolute atomic E-state index is 12.0. The number of benzene rings is 2. The van der Waals surface area contributed by atoms with Gasteiger partial charge in [-0.1, -0.05) is 77.1 Å². The van der Waals surface area contributed by atoms with E-state index in [1.54, 1.807) is 0 Å². The largest absolute Gasteiger partial charge is 0.484 e. The summed E-state index contributed by atoms with van der Waals surface area (Å²) in [7, 11) is 0. The number of ether oxygens (including phenoxy) is 1. The van der Waals surface area contributed by atoms with Crippen LogP contribution in [0.1, 0.15) is 52.2 Å². The quantitative estimate of drug-likeness (QED) is 0.362. The van der Waals surface area contributed by atoms with Crippen molar-refractivity contribution in [1.82, 2.24) is 5.43 Å². The maximum atomic E-state index is 12.0. The molecule has 1 N–H and O–H groups in total. The van der Waals surface area contributed by atoms with Gasteiger partial charge >= 0.3 is 0 Å². The van der Waals surface area contributed by atoms with Gasteiger partial charge in [0.05, 0.1) is 6.21 Å². The van der Waals surface area contributed by atoms with Gasteiger partial charge in [0.25, 0.3) is 5.91 Å². The number of allylic oxidation sites excluding steroid dienone is 1. The van der Waals surface area contributed by atoms with E-state index < -0.39 is 0 Å². The molecule has 2 aromatic carbocycles. The molecule has 0 bridgehead atoms. The molecule has 0 fully saturated rings. The van der Waals surface area contributed by atoms with Gasteiger partial charge in [0.2, 0.25) is 0 Å². The molecule has 0 aliphatic rings. The number of carbonyl (C=O) groups excluding carboxylic acids is 1. The first kappa shape index (κ1) is 23.9. The Bertz CT molecular complexity index is 880. The summed E-state index contributed by atoms with van der Waals surface area (Å²) in [6.45, 7) is 11.2. The van der Waals surface area contributed by atoms with Crippen molar-refractivity contribution in [3.8, 4) is 5.75 Å². The predicted molar refractivity (Wildman–Crippen MR) is 129 cm³/mol. The van der Waals surface area contributed by atoms with Crippen molar-refractivity contribution in [2.75, 3.05) is 6.61 Å². The summed E-state index contributed by atoms with van der Waals surface area (Å²) in [5, 5.41) is 3.94. The molecule has 1 amide bonds. The molecule has 0 aliphatic heterocycles. The average Bonchev–Trinajstić information content (AvgIpc) is 2.65. The van der Waals surface area contributed by atoms with Crippen molar-refractivity contribution in [2.45, 2.75) is 46.5 Å². The second-order valence-corrected chi connectivity index (χ2v) is 10.1. The molecule has 0 heterocycles. The van der Waals surface area contributed by atoms with Crippen molar-refractivity contribution in [1.29, 1.82) is 0 Å². The summed E-state index contributed by atoms with van der Waals surface area (Å²) in [5.74, 6) is 0.345. The van der Waals surface area contributed by atoms with E-state index in [2.05, 4.69) is 73.2 Å². The lowest BCUT2D eigenvalue weighted by atomic mass is 9.72. The van der Waals surface area contributed by atoms with Gasteiger partial charge in [0.1, 0.15) is 5.75 Å². The fourth-order valence-electron chi connectivity index (χ4n) is 3.52. The van der Waals surface area contributed by atoms with Crippen LogP contribution in [0.2, 0.25) is 0 Å². The summed E-state index contributed by atoms with van der Waals surface area (Å²) in [6.07, 6.45) is 4.53. The molecule has 2 rings (SSSR count). The Morgan fingerprint density at radius 3 is 2.27 bits per heavy atom. The number of amides is 1. The van der Waals surface area contributed by atoms with Crippen molar-refractivity contribution < 1.29 is 9.53 Å². The van der Waals surface area contributed by atoms with Gasteiger partial charge < -0.3 is 4.74 Å². The van der Waals surface area contributed by atoms with Crippen molar-refractivity contribution in [3.05, 3.63) is 70.2 Å². The van der Waals surface area contributed by atoms with E-state index in [1.807, 2.05) is 48.5 Å². The normalized spacial score (nSPS) is 12.8. The molecular weight excluding hydrogens is 440 g/mol. The Morgan fingerprint density at radius 2 is 1.67 bits per heavy atom. The zero-order valence-corrected chi connectivity index (χ0v) is 20.0. The molecule has 0 saturated carbocycles. The van der Waals surface area contributed by atoms with Crippen LogP contribution in [-0.2, 0) is 10.2 Å². The first-order chi connectivity index (χ1) is 14.0. The smallest absolute Gasteiger partial charge is 0.277 e. The second kappa shape index (κ2) is 10.6. The van der Waals surface area contributed by atoms with Crippen LogP contribution in [0.4, 0.5) is 0 Å². The Labute approximate surface area is 188 Å². The number of carbonyl (C=O) groups is 1. The Hall–Kier alpha value is -2.40. The zero-order chi connectivity index (χ0) is 22.2. The van der Waals surface area contributed by atoms with E-state index in [0.29, 0.717) is 5.75 Å². The van der Waals surface area contributed by atoms with Crippen LogP contribution in [0.5, 0.6) is 5.75 Å². The standard InChI is InChI=1S/C25H31BrN2O2/c1-24(2,3)18-25(4,5)20-11-13-22(14-12-20)30-17-23(29)28-27-16-21(26)15-19-9-7-6-8-10-19/h6-16H,17-18H2,1-5H3,(H,28,29)/b21-15+,27-16+. The minimum atomic E-state index is -0.316. The number of rotatable bonds is 8. The van der Waals surface area contributed by atoms with E-state index in [4.69, 9.17) is 4.74 Å². The van der Waals surface area contributed by atoms with Crippen molar-refractivity contribution in [3.63, 3.8) is 0 Å². The third-order valence-electron chi connectivity index (χ3n) is 4.46. The number of halogens is 1. The van der Waals surface area contributed by atoms with Gasteiger partial charge in [0, 0.05) is 4.48 Å². The van der Waals surface area contributed by atoms with Crippen LogP contribution >= 0.6 is 15.9 Å². The number of hydrazone groups is 1. The predicted octanol–water partition coefficient (Wildman–Crippen LogP) is 6.32. The molecule has 0 aliphatic carbocycles. The van der Waals surface area contributed by atoms with E-state index in [0.717, 1.165) is 16.5 Å². The van der Waals surface area contributed by atoms with Gasteiger partial charge in [-0.2, -0.15) is 5.10 Å². The minimum Gasteiger partial charge on any atom is -0.484 e. The monoisotopic (exact) mass is 470 g/mol. The first-order valence-electron chi connectivity index (χ1n) is 10.0. The molecule has 0 radical (unpaired) electrons. The third kappa shape index (κ3) is 8.54. The Balaban J connectivity index is 1.82. The molecule has 30 heavy (non-hydrogen) atoms.